The Kier molecular flexibility index (Phi) is 7.72. The van der Waals surface area contributed by atoms with E-state index in [1.165, 1.54) is 16.5 Å². The number of carbonyl (C=O) groups excluding carboxylic acids is 1. The van der Waals surface area contributed by atoms with Crippen LogP contribution in [0.5, 0.6) is 0 Å². The molecule has 0 N–H and O–H groups in total. The molecule has 1 amide bonds. The van der Waals surface area contributed by atoms with Gasteiger partial charge in [0.2, 0.25) is 0 Å². The Hall–Kier alpha value is -4.14. The Bertz CT molecular complexity index is 1500. The zero-order valence-corrected chi connectivity index (χ0v) is 22.5. The van der Waals surface area contributed by atoms with Crippen molar-refractivity contribution < 1.29 is 4.79 Å². The molecule has 0 fully saturated rings. The molecule has 0 bridgehead atoms. The van der Waals surface area contributed by atoms with Gasteiger partial charge in [-0.2, -0.15) is 5.10 Å². The van der Waals surface area contributed by atoms with Crippen LogP contribution < -0.4 is 0 Å². The van der Waals surface area contributed by atoms with Gasteiger partial charge < -0.3 is 0 Å². The van der Waals surface area contributed by atoms with Gasteiger partial charge in [-0.05, 0) is 64.1 Å². The number of amidine groups is 1. The first-order valence-corrected chi connectivity index (χ1v) is 13.4. The van der Waals surface area contributed by atoms with E-state index in [1.807, 2.05) is 80.6 Å². The smallest absolute Gasteiger partial charge is 0.264 e. The van der Waals surface area contributed by atoms with Crippen LogP contribution in [-0.4, -0.2) is 43.9 Å². The minimum Gasteiger partial charge on any atom is -0.271 e. The molecule has 0 atom stereocenters. The van der Waals surface area contributed by atoms with E-state index in [1.54, 1.807) is 29.8 Å². The van der Waals surface area contributed by atoms with E-state index < -0.39 is 0 Å². The van der Waals surface area contributed by atoms with Gasteiger partial charge in [0.1, 0.15) is 6.54 Å². The standard InChI is InChI=1S/C27H19ClN6OS.C2H6/c28-22-7-5-19(6-8-22)23-15-30-34-17-25(35)33(32-27(34)26(23)21-9-12-29-13-10-21)16-18-1-3-20(4-2-18)24-11-14-31-36-24;1-2/h1-15H,16-17H2;1-2H3. The molecular weight excluding hydrogens is 516 g/mol. The quantitative estimate of drug-likeness (QED) is 0.291. The van der Waals surface area contributed by atoms with Gasteiger partial charge in [0.05, 0.1) is 17.6 Å². The monoisotopic (exact) mass is 540 g/mol. The largest absolute Gasteiger partial charge is 0.271 e. The molecule has 2 aromatic heterocycles. The van der Waals surface area contributed by atoms with Crippen molar-refractivity contribution in [3.8, 4) is 10.4 Å². The zero-order chi connectivity index (χ0) is 26.5. The van der Waals surface area contributed by atoms with Gasteiger partial charge in [-0.15, -0.1) is 5.10 Å². The number of hydrogen-bond donors (Lipinski definition) is 0. The molecule has 0 saturated heterocycles. The Morgan fingerprint density at radius 2 is 1.58 bits per heavy atom. The van der Waals surface area contributed by atoms with Crippen LogP contribution in [0.15, 0.2) is 95.5 Å². The summed E-state index contributed by atoms with van der Waals surface area (Å²) in [6.07, 6.45) is 7.06. The third-order valence-corrected chi connectivity index (χ3v) is 7.03. The number of benzene rings is 2. The lowest BCUT2D eigenvalue weighted by molar-refractivity contribution is -0.133. The van der Waals surface area contributed by atoms with Crippen LogP contribution in [0.3, 0.4) is 0 Å². The second-order valence-electron chi connectivity index (χ2n) is 8.28. The highest BCUT2D eigenvalue weighted by atomic mass is 35.5. The third-order valence-electron chi connectivity index (χ3n) is 5.98. The fourth-order valence-electron chi connectivity index (χ4n) is 4.18. The number of pyridine rings is 1. The Labute approximate surface area is 230 Å². The molecule has 38 heavy (non-hydrogen) atoms. The van der Waals surface area contributed by atoms with Gasteiger partial charge in [-0.25, -0.2) is 14.4 Å². The molecule has 0 radical (unpaired) electrons. The van der Waals surface area contributed by atoms with Crippen molar-refractivity contribution in [3.05, 3.63) is 107 Å². The highest BCUT2D eigenvalue weighted by Crippen LogP contribution is 2.33. The molecule has 2 aliphatic rings. The maximum Gasteiger partial charge on any atom is 0.264 e. The minimum absolute atomic E-state index is 0.108. The second kappa shape index (κ2) is 11.5. The SMILES string of the molecule is CC.O=C1CN2N=CC(c3ccc(Cl)cc3)=C(c3ccncc3)C2=NN1Cc1ccc(-c2ccns2)cc1. The van der Waals surface area contributed by atoms with Crippen molar-refractivity contribution in [2.45, 2.75) is 20.4 Å². The highest BCUT2D eigenvalue weighted by Gasteiger charge is 2.33. The maximum atomic E-state index is 13.0. The van der Waals surface area contributed by atoms with Crippen LogP contribution >= 0.6 is 23.1 Å². The van der Waals surface area contributed by atoms with E-state index in [9.17, 15) is 4.79 Å². The lowest BCUT2D eigenvalue weighted by Gasteiger charge is -2.34. The second-order valence-corrected chi connectivity index (χ2v) is 9.55. The third kappa shape index (κ3) is 5.27. The first-order valence-electron chi connectivity index (χ1n) is 12.3. The van der Waals surface area contributed by atoms with Gasteiger partial charge in [-0.1, -0.05) is 61.8 Å². The summed E-state index contributed by atoms with van der Waals surface area (Å²) in [5, 5.41) is 13.2. The molecule has 0 aliphatic carbocycles. The van der Waals surface area contributed by atoms with Crippen LogP contribution in [0.25, 0.3) is 21.6 Å². The molecular formula is C29H25ClN6OS. The minimum atomic E-state index is -0.119. The van der Waals surface area contributed by atoms with Crippen LogP contribution in [0, 0.1) is 0 Å². The predicted molar refractivity (Wildman–Crippen MR) is 155 cm³/mol. The Balaban J connectivity index is 0.00000144. The summed E-state index contributed by atoms with van der Waals surface area (Å²) >= 11 is 7.58. The normalized spacial score (nSPS) is 14.6. The number of hydrogen-bond acceptors (Lipinski definition) is 7. The fraction of sp³-hybridized carbons (Fsp3) is 0.138. The predicted octanol–water partition coefficient (Wildman–Crippen LogP) is 6.45. The number of rotatable bonds is 5. The molecule has 0 saturated carbocycles. The summed E-state index contributed by atoms with van der Waals surface area (Å²) in [6, 6.07) is 21.6. The van der Waals surface area contributed by atoms with E-state index in [0.717, 1.165) is 38.3 Å². The van der Waals surface area contributed by atoms with E-state index >= 15 is 0 Å². The van der Waals surface area contributed by atoms with Crippen molar-refractivity contribution in [1.82, 2.24) is 19.4 Å². The van der Waals surface area contributed by atoms with E-state index in [2.05, 4.69) is 14.5 Å². The molecule has 4 heterocycles. The van der Waals surface area contributed by atoms with Crippen molar-refractivity contribution in [1.29, 1.82) is 0 Å². The first-order chi connectivity index (χ1) is 18.7. The van der Waals surface area contributed by atoms with Gasteiger partial charge in [0.15, 0.2) is 5.84 Å². The molecule has 7 nitrogen and oxygen atoms in total. The molecule has 0 unspecified atom stereocenters. The average Bonchev–Trinajstić information content (AvgIpc) is 3.51. The molecule has 2 aliphatic heterocycles. The number of allylic oxidation sites excluding steroid dienone is 1. The summed E-state index contributed by atoms with van der Waals surface area (Å²) < 4.78 is 4.17. The summed E-state index contributed by atoms with van der Waals surface area (Å²) in [6.45, 7) is 4.47. The van der Waals surface area contributed by atoms with E-state index in [-0.39, 0.29) is 12.5 Å². The molecule has 4 aromatic rings. The molecule has 6 rings (SSSR count). The number of hydrazone groups is 2. The first kappa shape index (κ1) is 25.5. The Morgan fingerprint density at radius 3 is 2.26 bits per heavy atom. The Morgan fingerprint density at radius 1 is 0.868 bits per heavy atom. The molecule has 2 aromatic carbocycles. The number of aromatic nitrogens is 2. The summed E-state index contributed by atoms with van der Waals surface area (Å²) in [4.78, 5) is 18.3. The fourth-order valence-corrected chi connectivity index (χ4v) is 4.90. The van der Waals surface area contributed by atoms with Crippen molar-refractivity contribution in [3.63, 3.8) is 0 Å². The summed E-state index contributed by atoms with van der Waals surface area (Å²) in [5.74, 6) is 0.501. The van der Waals surface area contributed by atoms with Gasteiger partial charge in [0.25, 0.3) is 5.91 Å². The molecule has 0 spiro atoms. The topological polar surface area (TPSA) is 74.1 Å². The summed E-state index contributed by atoms with van der Waals surface area (Å²) in [7, 11) is 0. The number of amides is 1. The van der Waals surface area contributed by atoms with Crippen molar-refractivity contribution >= 4 is 52.2 Å². The molecule has 190 valence electrons. The van der Waals surface area contributed by atoms with Crippen LogP contribution in [-0.2, 0) is 11.3 Å². The van der Waals surface area contributed by atoms with Gasteiger partial charge >= 0.3 is 0 Å². The van der Waals surface area contributed by atoms with E-state index in [0.29, 0.717) is 17.4 Å². The van der Waals surface area contributed by atoms with Crippen LogP contribution in [0.1, 0.15) is 30.5 Å². The number of nitrogens with zero attached hydrogens (tertiary/aromatic N) is 6. The number of halogens is 1. The van der Waals surface area contributed by atoms with Gasteiger partial charge in [0, 0.05) is 34.8 Å². The number of fused-ring (bicyclic) bond motifs is 1. The lowest BCUT2D eigenvalue weighted by atomic mass is 9.93. The molecule has 9 heteroatoms. The highest BCUT2D eigenvalue weighted by molar-refractivity contribution is 7.09. The maximum absolute atomic E-state index is 13.0. The zero-order valence-electron chi connectivity index (χ0n) is 21.0. The van der Waals surface area contributed by atoms with Crippen LogP contribution in [0.4, 0.5) is 0 Å². The van der Waals surface area contributed by atoms with Crippen LogP contribution in [0.2, 0.25) is 5.02 Å². The number of carbonyl (C=O) groups is 1. The van der Waals surface area contributed by atoms with Gasteiger partial charge in [-0.3, -0.25) is 9.78 Å². The van der Waals surface area contributed by atoms with Crippen molar-refractivity contribution in [2.75, 3.05) is 6.54 Å². The lowest BCUT2D eigenvalue weighted by Crippen LogP contribution is -2.46. The average molecular weight is 541 g/mol. The van der Waals surface area contributed by atoms with Crippen molar-refractivity contribution in [2.24, 2.45) is 10.2 Å². The van der Waals surface area contributed by atoms with E-state index in [4.69, 9.17) is 16.7 Å². The summed E-state index contributed by atoms with van der Waals surface area (Å²) in [5.41, 5.74) is 5.76.